The summed E-state index contributed by atoms with van der Waals surface area (Å²) in [5.74, 6) is 0.140. The van der Waals surface area contributed by atoms with Gasteiger partial charge in [-0.05, 0) is 22.3 Å². The number of hydrogen-bond acceptors (Lipinski definition) is 2. The summed E-state index contributed by atoms with van der Waals surface area (Å²) in [7, 11) is 0. The summed E-state index contributed by atoms with van der Waals surface area (Å²) in [5.41, 5.74) is 5.45. The van der Waals surface area contributed by atoms with Crippen molar-refractivity contribution in [2.24, 2.45) is 0 Å². The number of carbonyl (C=O) groups excluding carboxylic acids is 1. The van der Waals surface area contributed by atoms with Crippen molar-refractivity contribution in [3.63, 3.8) is 0 Å². The predicted molar refractivity (Wildman–Crippen MR) is 123 cm³/mol. The smallest absolute Gasteiger partial charge is 0.176 e. The Morgan fingerprint density at radius 1 is 0.533 bits per heavy atom. The third-order valence-electron chi connectivity index (χ3n) is 5.18. The Morgan fingerprint density at radius 3 is 1.47 bits per heavy atom. The monoisotopic (exact) mass is 391 g/mol. The van der Waals surface area contributed by atoms with Gasteiger partial charge < -0.3 is 0 Å². The van der Waals surface area contributed by atoms with Crippen molar-refractivity contribution in [1.82, 2.24) is 4.90 Å². The molecule has 0 unspecified atom stereocenters. The Labute approximate surface area is 178 Å². The van der Waals surface area contributed by atoms with Crippen LogP contribution in [-0.2, 0) is 13.1 Å². The summed E-state index contributed by atoms with van der Waals surface area (Å²) in [6.07, 6.45) is 0. The van der Waals surface area contributed by atoms with Gasteiger partial charge in [0.05, 0.1) is 6.54 Å². The lowest BCUT2D eigenvalue weighted by atomic mass is 10.0. The van der Waals surface area contributed by atoms with Gasteiger partial charge in [0.25, 0.3) is 0 Å². The van der Waals surface area contributed by atoms with E-state index >= 15 is 0 Å². The highest BCUT2D eigenvalue weighted by Gasteiger charge is 2.14. The Bertz CT molecular complexity index is 1020. The van der Waals surface area contributed by atoms with Gasteiger partial charge in [-0.15, -0.1) is 0 Å². The summed E-state index contributed by atoms with van der Waals surface area (Å²) < 4.78 is 0. The number of nitrogens with zero attached hydrogens (tertiary/aromatic N) is 1. The highest BCUT2D eigenvalue weighted by molar-refractivity contribution is 5.98. The molecule has 0 radical (unpaired) electrons. The second-order valence-electron chi connectivity index (χ2n) is 7.48. The quantitative estimate of drug-likeness (QED) is 0.331. The van der Waals surface area contributed by atoms with E-state index in [0.717, 1.165) is 29.8 Å². The summed E-state index contributed by atoms with van der Waals surface area (Å²) >= 11 is 0. The van der Waals surface area contributed by atoms with Crippen molar-refractivity contribution in [2.45, 2.75) is 13.1 Å². The molecule has 0 saturated heterocycles. The Balaban J connectivity index is 1.49. The largest absolute Gasteiger partial charge is 0.293 e. The number of Topliss-reactive ketones (excluding diaryl/α,β-unsaturated/α-hetero) is 1. The van der Waals surface area contributed by atoms with Gasteiger partial charge >= 0.3 is 0 Å². The normalized spacial score (nSPS) is 10.8. The van der Waals surface area contributed by atoms with E-state index in [2.05, 4.69) is 41.3 Å². The van der Waals surface area contributed by atoms with Crippen LogP contribution in [0.4, 0.5) is 0 Å². The molecule has 0 N–H and O–H groups in total. The Hall–Kier alpha value is -3.49. The van der Waals surface area contributed by atoms with Crippen molar-refractivity contribution in [2.75, 3.05) is 6.54 Å². The van der Waals surface area contributed by atoms with Crippen LogP contribution in [0.3, 0.4) is 0 Å². The summed E-state index contributed by atoms with van der Waals surface area (Å²) in [4.78, 5) is 15.2. The van der Waals surface area contributed by atoms with Crippen LogP contribution in [0.2, 0.25) is 0 Å². The molecule has 148 valence electrons. The topological polar surface area (TPSA) is 20.3 Å². The minimum atomic E-state index is 0.140. The van der Waals surface area contributed by atoms with Gasteiger partial charge in [0.15, 0.2) is 5.78 Å². The molecular formula is C28H25NO. The molecule has 2 heteroatoms. The molecule has 0 aromatic heterocycles. The Morgan fingerprint density at radius 2 is 0.967 bits per heavy atom. The average Bonchev–Trinajstić information content (AvgIpc) is 2.81. The van der Waals surface area contributed by atoms with E-state index in [-0.39, 0.29) is 5.78 Å². The highest BCUT2D eigenvalue weighted by atomic mass is 16.1. The van der Waals surface area contributed by atoms with E-state index < -0.39 is 0 Å². The van der Waals surface area contributed by atoms with Gasteiger partial charge in [0, 0.05) is 18.7 Å². The summed E-state index contributed by atoms with van der Waals surface area (Å²) in [6, 6.07) is 38.8. The molecule has 0 aliphatic carbocycles. The number of benzene rings is 4. The van der Waals surface area contributed by atoms with E-state index in [9.17, 15) is 4.79 Å². The molecule has 4 rings (SSSR count). The molecule has 0 aliphatic rings. The van der Waals surface area contributed by atoms with Gasteiger partial charge in [-0.2, -0.15) is 0 Å². The zero-order valence-corrected chi connectivity index (χ0v) is 16.9. The van der Waals surface area contributed by atoms with E-state index in [1.54, 1.807) is 0 Å². The third kappa shape index (κ3) is 5.31. The number of carbonyl (C=O) groups is 1. The molecular weight excluding hydrogens is 366 g/mol. The predicted octanol–water partition coefficient (Wildman–Crippen LogP) is 6.24. The minimum Gasteiger partial charge on any atom is -0.293 e. The highest BCUT2D eigenvalue weighted by Crippen LogP contribution is 2.20. The maximum absolute atomic E-state index is 13.0. The van der Waals surface area contributed by atoms with E-state index in [4.69, 9.17) is 0 Å². The molecule has 0 atom stereocenters. The number of ketones is 1. The van der Waals surface area contributed by atoms with Crippen molar-refractivity contribution in [1.29, 1.82) is 0 Å². The van der Waals surface area contributed by atoms with Crippen molar-refractivity contribution < 1.29 is 4.79 Å². The standard InChI is InChI=1S/C28H25NO/c30-28(27-18-16-26(17-19-27)25-14-8-3-9-15-25)22-29(20-23-10-4-1-5-11-23)21-24-12-6-2-7-13-24/h1-19H,20-22H2. The number of hydrogen-bond donors (Lipinski definition) is 0. The first-order valence-electron chi connectivity index (χ1n) is 10.3. The van der Waals surface area contributed by atoms with Gasteiger partial charge in [-0.3, -0.25) is 9.69 Å². The van der Waals surface area contributed by atoms with Crippen molar-refractivity contribution in [3.8, 4) is 11.1 Å². The molecule has 4 aromatic rings. The molecule has 0 amide bonds. The first kappa shape index (κ1) is 19.8. The zero-order valence-electron chi connectivity index (χ0n) is 16.9. The van der Waals surface area contributed by atoms with Gasteiger partial charge in [-0.1, -0.05) is 115 Å². The molecule has 4 aromatic carbocycles. The molecule has 0 aliphatic heterocycles. The van der Waals surface area contributed by atoms with Gasteiger partial charge in [0.2, 0.25) is 0 Å². The first-order valence-corrected chi connectivity index (χ1v) is 10.3. The van der Waals surface area contributed by atoms with Crippen molar-refractivity contribution in [3.05, 3.63) is 132 Å². The lowest BCUT2D eigenvalue weighted by Crippen LogP contribution is -2.29. The van der Waals surface area contributed by atoms with Crippen LogP contribution in [0.15, 0.2) is 115 Å². The van der Waals surface area contributed by atoms with Crippen LogP contribution >= 0.6 is 0 Å². The molecule has 0 spiro atoms. The van der Waals surface area contributed by atoms with Crippen LogP contribution in [-0.4, -0.2) is 17.2 Å². The SMILES string of the molecule is O=C(CN(Cc1ccccc1)Cc1ccccc1)c1ccc(-c2ccccc2)cc1. The minimum absolute atomic E-state index is 0.140. The maximum Gasteiger partial charge on any atom is 0.176 e. The zero-order chi connectivity index (χ0) is 20.6. The molecule has 30 heavy (non-hydrogen) atoms. The van der Waals surface area contributed by atoms with Gasteiger partial charge in [0.1, 0.15) is 0 Å². The second kappa shape index (κ2) is 9.82. The fourth-order valence-electron chi connectivity index (χ4n) is 3.62. The van der Waals surface area contributed by atoms with E-state index in [0.29, 0.717) is 6.54 Å². The third-order valence-corrected chi connectivity index (χ3v) is 5.18. The lowest BCUT2D eigenvalue weighted by Gasteiger charge is -2.22. The van der Waals surface area contributed by atoms with E-state index in [1.165, 1.54) is 11.1 Å². The molecule has 0 heterocycles. The summed E-state index contributed by atoms with van der Waals surface area (Å²) in [6.45, 7) is 1.86. The van der Waals surface area contributed by atoms with Crippen LogP contribution in [0.1, 0.15) is 21.5 Å². The first-order chi connectivity index (χ1) is 14.8. The van der Waals surface area contributed by atoms with Crippen LogP contribution in [0.5, 0.6) is 0 Å². The summed E-state index contributed by atoms with van der Waals surface area (Å²) in [5, 5.41) is 0. The molecule has 0 saturated carbocycles. The fraction of sp³-hybridized carbons (Fsp3) is 0.107. The molecule has 2 nitrogen and oxygen atoms in total. The molecule has 0 bridgehead atoms. The Kier molecular flexibility index (Phi) is 6.48. The van der Waals surface area contributed by atoms with Gasteiger partial charge in [-0.25, -0.2) is 0 Å². The van der Waals surface area contributed by atoms with E-state index in [1.807, 2.05) is 78.9 Å². The second-order valence-corrected chi connectivity index (χ2v) is 7.48. The maximum atomic E-state index is 13.0. The fourth-order valence-corrected chi connectivity index (χ4v) is 3.62. The van der Waals surface area contributed by atoms with Crippen LogP contribution in [0, 0.1) is 0 Å². The average molecular weight is 392 g/mol. The van der Waals surface area contributed by atoms with Crippen molar-refractivity contribution >= 4 is 5.78 Å². The lowest BCUT2D eigenvalue weighted by molar-refractivity contribution is 0.0920. The van der Waals surface area contributed by atoms with Crippen LogP contribution < -0.4 is 0 Å². The number of rotatable bonds is 8. The molecule has 0 fully saturated rings. The van der Waals surface area contributed by atoms with Crippen LogP contribution in [0.25, 0.3) is 11.1 Å².